The Morgan fingerprint density at radius 1 is 1.25 bits per heavy atom. The van der Waals surface area contributed by atoms with Crippen LogP contribution in [0.2, 0.25) is 0 Å². The highest BCUT2D eigenvalue weighted by Gasteiger charge is 2.55. The zero-order valence-corrected chi connectivity index (χ0v) is 13.4. The van der Waals surface area contributed by atoms with Crippen molar-refractivity contribution in [1.82, 2.24) is 30.2 Å². The molecule has 0 saturated heterocycles. The average molecular weight is 323 g/mol. The Labute approximate surface area is 138 Å². The highest BCUT2D eigenvalue weighted by atomic mass is 16.2. The summed E-state index contributed by atoms with van der Waals surface area (Å²) in [6.07, 6.45) is 3.28. The Morgan fingerprint density at radius 3 is 2.54 bits per heavy atom. The van der Waals surface area contributed by atoms with E-state index < -0.39 is 5.41 Å². The Balaban J connectivity index is 1.52. The SMILES string of the molecule is Cc1ncn(-c2ccc(NC(=O)C3(c4nn[nH]n4)CC3)cc2)c1C. The van der Waals surface area contributed by atoms with Gasteiger partial charge in [-0.15, -0.1) is 10.2 Å². The number of nitrogens with zero attached hydrogens (tertiary/aromatic N) is 5. The largest absolute Gasteiger partial charge is 0.325 e. The predicted octanol–water partition coefficient (Wildman–Crippen LogP) is 1.67. The molecule has 0 spiro atoms. The van der Waals surface area contributed by atoms with Crippen molar-refractivity contribution in [3.05, 3.63) is 47.8 Å². The minimum absolute atomic E-state index is 0.0914. The number of rotatable bonds is 4. The molecule has 2 N–H and O–H groups in total. The lowest BCUT2D eigenvalue weighted by Crippen LogP contribution is -2.29. The molecular formula is C16H17N7O. The molecule has 4 rings (SSSR count). The van der Waals surface area contributed by atoms with Gasteiger partial charge in [0.05, 0.1) is 12.0 Å². The van der Waals surface area contributed by atoms with E-state index in [-0.39, 0.29) is 5.91 Å². The van der Waals surface area contributed by atoms with Gasteiger partial charge in [-0.3, -0.25) is 4.79 Å². The molecule has 24 heavy (non-hydrogen) atoms. The van der Waals surface area contributed by atoms with Gasteiger partial charge in [-0.25, -0.2) is 4.98 Å². The summed E-state index contributed by atoms with van der Waals surface area (Å²) in [6, 6.07) is 7.68. The van der Waals surface area contributed by atoms with Crippen molar-refractivity contribution in [3.63, 3.8) is 0 Å². The number of benzene rings is 1. The van der Waals surface area contributed by atoms with Gasteiger partial charge in [-0.05, 0) is 51.0 Å². The van der Waals surface area contributed by atoms with E-state index in [2.05, 4.69) is 30.9 Å². The fourth-order valence-electron chi connectivity index (χ4n) is 2.76. The van der Waals surface area contributed by atoms with Gasteiger partial charge in [0.15, 0.2) is 5.82 Å². The first-order chi connectivity index (χ1) is 11.6. The predicted molar refractivity (Wildman–Crippen MR) is 86.8 cm³/mol. The minimum Gasteiger partial charge on any atom is -0.325 e. The van der Waals surface area contributed by atoms with Gasteiger partial charge in [0.1, 0.15) is 5.41 Å². The summed E-state index contributed by atoms with van der Waals surface area (Å²) in [5.74, 6) is 0.368. The van der Waals surface area contributed by atoms with Gasteiger partial charge in [0.25, 0.3) is 0 Å². The first-order valence-electron chi connectivity index (χ1n) is 7.76. The molecule has 1 aromatic carbocycles. The number of aromatic nitrogens is 6. The van der Waals surface area contributed by atoms with E-state index in [1.54, 1.807) is 6.33 Å². The zero-order valence-electron chi connectivity index (χ0n) is 13.4. The van der Waals surface area contributed by atoms with Crippen LogP contribution in [-0.2, 0) is 10.2 Å². The van der Waals surface area contributed by atoms with Crippen LogP contribution in [0, 0.1) is 13.8 Å². The number of carbonyl (C=O) groups excluding carboxylic acids is 1. The molecule has 2 aromatic heterocycles. The molecule has 0 bridgehead atoms. The molecule has 0 radical (unpaired) electrons. The molecular weight excluding hydrogens is 306 g/mol. The molecule has 1 amide bonds. The summed E-state index contributed by atoms with van der Waals surface area (Å²) in [7, 11) is 0. The molecule has 0 unspecified atom stereocenters. The lowest BCUT2D eigenvalue weighted by atomic mass is 10.1. The van der Waals surface area contributed by atoms with E-state index in [0.29, 0.717) is 5.82 Å². The van der Waals surface area contributed by atoms with Crippen LogP contribution in [0.15, 0.2) is 30.6 Å². The molecule has 0 atom stereocenters. The Hall–Kier alpha value is -3.03. The van der Waals surface area contributed by atoms with Gasteiger partial charge >= 0.3 is 0 Å². The second-order valence-electron chi connectivity index (χ2n) is 6.10. The number of aryl methyl sites for hydroxylation is 1. The number of carbonyl (C=O) groups is 1. The number of nitrogens with one attached hydrogen (secondary N) is 2. The fraction of sp³-hybridized carbons (Fsp3) is 0.312. The van der Waals surface area contributed by atoms with Crippen molar-refractivity contribution in [2.24, 2.45) is 0 Å². The maximum atomic E-state index is 12.6. The monoisotopic (exact) mass is 323 g/mol. The third kappa shape index (κ3) is 2.27. The number of tetrazole rings is 1. The summed E-state index contributed by atoms with van der Waals surface area (Å²) >= 11 is 0. The Bertz CT molecular complexity index is 876. The van der Waals surface area contributed by atoms with Crippen LogP contribution in [0.5, 0.6) is 0 Å². The normalized spacial score (nSPS) is 15.2. The van der Waals surface area contributed by atoms with Crippen LogP contribution < -0.4 is 5.32 Å². The lowest BCUT2D eigenvalue weighted by Gasteiger charge is -2.12. The number of imidazole rings is 1. The highest BCUT2D eigenvalue weighted by molar-refractivity contribution is 6.00. The topological polar surface area (TPSA) is 101 Å². The summed E-state index contributed by atoms with van der Waals surface area (Å²) < 4.78 is 2.02. The highest BCUT2D eigenvalue weighted by Crippen LogP contribution is 2.47. The Morgan fingerprint density at radius 2 is 2.00 bits per heavy atom. The van der Waals surface area contributed by atoms with Crippen molar-refractivity contribution in [1.29, 1.82) is 0 Å². The fourth-order valence-corrected chi connectivity index (χ4v) is 2.76. The molecule has 3 aromatic rings. The van der Waals surface area contributed by atoms with Crippen molar-refractivity contribution in [2.75, 3.05) is 5.32 Å². The van der Waals surface area contributed by atoms with Crippen LogP contribution in [-0.4, -0.2) is 36.1 Å². The summed E-state index contributed by atoms with van der Waals surface area (Å²) in [5.41, 5.74) is 3.21. The molecule has 1 aliphatic rings. The lowest BCUT2D eigenvalue weighted by molar-refractivity contribution is -0.118. The van der Waals surface area contributed by atoms with Crippen LogP contribution >= 0.6 is 0 Å². The standard InChI is InChI=1S/C16H17N7O/c1-10-11(2)23(9-17-10)13-5-3-12(4-6-13)18-15(24)16(7-8-16)14-19-21-22-20-14/h3-6,9H,7-8H2,1-2H3,(H,18,24)(H,19,20,21,22). The van der Waals surface area contributed by atoms with Crippen LogP contribution in [0.4, 0.5) is 5.69 Å². The number of amides is 1. The molecule has 2 heterocycles. The third-order valence-corrected chi connectivity index (χ3v) is 4.61. The van der Waals surface area contributed by atoms with Crippen molar-refractivity contribution in [2.45, 2.75) is 32.1 Å². The number of aromatic amines is 1. The molecule has 1 aliphatic carbocycles. The van der Waals surface area contributed by atoms with Gasteiger partial charge in [-0.1, -0.05) is 5.21 Å². The van der Waals surface area contributed by atoms with Gasteiger partial charge in [-0.2, -0.15) is 5.21 Å². The first-order valence-corrected chi connectivity index (χ1v) is 7.76. The molecule has 1 fully saturated rings. The van der Waals surface area contributed by atoms with E-state index in [0.717, 1.165) is 35.6 Å². The first kappa shape index (κ1) is 14.6. The van der Waals surface area contributed by atoms with Gasteiger partial charge < -0.3 is 9.88 Å². The maximum Gasteiger partial charge on any atom is 0.238 e. The smallest absolute Gasteiger partial charge is 0.238 e. The van der Waals surface area contributed by atoms with E-state index in [4.69, 9.17) is 0 Å². The van der Waals surface area contributed by atoms with E-state index in [1.807, 2.05) is 42.7 Å². The number of H-pyrrole nitrogens is 1. The van der Waals surface area contributed by atoms with Crippen LogP contribution in [0.25, 0.3) is 5.69 Å². The van der Waals surface area contributed by atoms with Gasteiger partial charge in [0, 0.05) is 17.1 Å². The van der Waals surface area contributed by atoms with Crippen LogP contribution in [0.3, 0.4) is 0 Å². The maximum absolute atomic E-state index is 12.6. The van der Waals surface area contributed by atoms with E-state index in [1.165, 1.54) is 0 Å². The van der Waals surface area contributed by atoms with Crippen molar-refractivity contribution in [3.8, 4) is 5.69 Å². The number of anilines is 1. The third-order valence-electron chi connectivity index (χ3n) is 4.61. The van der Waals surface area contributed by atoms with Gasteiger partial charge in [0.2, 0.25) is 5.91 Å². The summed E-state index contributed by atoms with van der Waals surface area (Å²) in [5, 5.41) is 16.8. The molecule has 0 aliphatic heterocycles. The quantitative estimate of drug-likeness (QED) is 0.760. The van der Waals surface area contributed by atoms with Crippen molar-refractivity contribution >= 4 is 11.6 Å². The molecule has 122 valence electrons. The molecule has 8 nitrogen and oxygen atoms in total. The Kier molecular flexibility index (Phi) is 3.19. The minimum atomic E-state index is -0.635. The molecule has 8 heteroatoms. The second-order valence-corrected chi connectivity index (χ2v) is 6.10. The summed E-state index contributed by atoms with van der Waals surface area (Å²) in [6.45, 7) is 4.01. The molecule has 1 saturated carbocycles. The average Bonchev–Trinajstić information content (AvgIpc) is 3.08. The number of hydrogen-bond acceptors (Lipinski definition) is 5. The van der Waals surface area contributed by atoms with Crippen molar-refractivity contribution < 1.29 is 4.79 Å². The van der Waals surface area contributed by atoms with E-state index >= 15 is 0 Å². The second kappa shape index (κ2) is 5.26. The number of hydrogen-bond donors (Lipinski definition) is 2. The zero-order chi connectivity index (χ0) is 16.7. The van der Waals surface area contributed by atoms with E-state index in [9.17, 15) is 4.79 Å². The summed E-state index contributed by atoms with van der Waals surface area (Å²) in [4.78, 5) is 16.9. The van der Waals surface area contributed by atoms with Crippen LogP contribution in [0.1, 0.15) is 30.1 Å².